The van der Waals surface area contributed by atoms with Crippen LogP contribution in [-0.4, -0.2) is 41.2 Å². The van der Waals surface area contributed by atoms with E-state index in [9.17, 15) is 19.2 Å². The second-order valence-electron chi connectivity index (χ2n) is 7.86. The van der Waals surface area contributed by atoms with Crippen LogP contribution in [0, 0.1) is 19.8 Å². The van der Waals surface area contributed by atoms with Crippen LogP contribution in [0.3, 0.4) is 0 Å². The highest BCUT2D eigenvalue weighted by Crippen LogP contribution is 2.27. The Balaban J connectivity index is 1.62. The van der Waals surface area contributed by atoms with Crippen LogP contribution in [0.5, 0.6) is 5.75 Å². The van der Waals surface area contributed by atoms with Gasteiger partial charge < -0.3 is 4.74 Å². The minimum Gasteiger partial charge on any atom is -0.484 e. The lowest BCUT2D eigenvalue weighted by Gasteiger charge is -2.28. The van der Waals surface area contributed by atoms with Crippen molar-refractivity contribution >= 4 is 23.6 Å². The van der Waals surface area contributed by atoms with Crippen molar-refractivity contribution in [2.75, 3.05) is 6.61 Å². The summed E-state index contributed by atoms with van der Waals surface area (Å²) < 4.78 is 5.46. The van der Waals surface area contributed by atoms with Crippen LogP contribution in [-0.2, 0) is 9.59 Å². The first-order chi connectivity index (χ1) is 14.7. The third kappa shape index (κ3) is 4.74. The molecule has 8 heteroatoms. The maximum atomic E-state index is 12.8. The highest BCUT2D eigenvalue weighted by atomic mass is 16.5. The minimum atomic E-state index is -1.08. The number of nitrogens with zero attached hydrogens (tertiary/aromatic N) is 1. The lowest BCUT2D eigenvalue weighted by molar-refractivity contribution is -0.132. The molecule has 1 heterocycles. The van der Waals surface area contributed by atoms with Gasteiger partial charge in [0, 0.05) is 0 Å². The van der Waals surface area contributed by atoms with Crippen LogP contribution in [0.4, 0.5) is 0 Å². The topological polar surface area (TPSA) is 105 Å². The zero-order chi connectivity index (χ0) is 22.7. The van der Waals surface area contributed by atoms with E-state index in [1.54, 1.807) is 50.2 Å². The number of nitrogens with one attached hydrogen (secondary N) is 2. The first-order valence-corrected chi connectivity index (χ1v) is 9.95. The number of hydrogen-bond donors (Lipinski definition) is 2. The lowest BCUT2D eigenvalue weighted by Crippen LogP contribution is -2.56. The van der Waals surface area contributed by atoms with Gasteiger partial charge in [-0.3, -0.25) is 34.9 Å². The second-order valence-corrected chi connectivity index (χ2v) is 7.86. The molecule has 0 spiro atoms. The van der Waals surface area contributed by atoms with Crippen LogP contribution in [0.1, 0.15) is 45.7 Å². The smallest absolute Gasteiger partial charge is 0.276 e. The van der Waals surface area contributed by atoms with Gasteiger partial charge in [-0.05, 0) is 55.2 Å². The Kier molecular flexibility index (Phi) is 6.39. The Bertz CT molecular complexity index is 992. The number of hydrazine groups is 1. The Hall–Kier alpha value is -3.68. The van der Waals surface area contributed by atoms with E-state index in [2.05, 4.69) is 10.9 Å². The summed E-state index contributed by atoms with van der Waals surface area (Å²) in [6, 6.07) is 10.9. The highest BCUT2D eigenvalue weighted by molar-refractivity contribution is 6.22. The molecule has 8 nitrogen and oxygen atoms in total. The molecule has 0 saturated carbocycles. The Labute approximate surface area is 180 Å². The van der Waals surface area contributed by atoms with E-state index in [4.69, 9.17) is 4.74 Å². The monoisotopic (exact) mass is 423 g/mol. The SMILES string of the molecule is Cc1cc(C)cc(OCC(=O)NNC(=O)C(C(C)C)N2C(=O)c3ccccc3C2=O)c1. The molecule has 1 aliphatic heterocycles. The van der Waals surface area contributed by atoms with Gasteiger partial charge in [0.05, 0.1) is 11.1 Å². The number of amides is 4. The van der Waals surface area contributed by atoms with Crippen molar-refractivity contribution < 1.29 is 23.9 Å². The van der Waals surface area contributed by atoms with Gasteiger partial charge in [0.25, 0.3) is 23.6 Å². The molecule has 3 rings (SSSR count). The van der Waals surface area contributed by atoms with Crippen molar-refractivity contribution in [1.82, 2.24) is 15.8 Å². The molecule has 0 fully saturated rings. The average Bonchev–Trinajstić information content (AvgIpc) is 2.95. The van der Waals surface area contributed by atoms with E-state index in [1.807, 2.05) is 19.9 Å². The summed E-state index contributed by atoms with van der Waals surface area (Å²) in [5.74, 6) is -2.12. The molecule has 0 saturated heterocycles. The molecular formula is C23H25N3O5. The number of rotatable bonds is 6. The van der Waals surface area contributed by atoms with E-state index in [0.29, 0.717) is 5.75 Å². The van der Waals surface area contributed by atoms with E-state index in [1.165, 1.54) is 0 Å². The van der Waals surface area contributed by atoms with Gasteiger partial charge >= 0.3 is 0 Å². The van der Waals surface area contributed by atoms with Gasteiger partial charge in [-0.15, -0.1) is 0 Å². The Morgan fingerprint density at radius 1 is 0.935 bits per heavy atom. The first kappa shape index (κ1) is 22.0. The number of ether oxygens (including phenoxy) is 1. The number of carbonyl (C=O) groups is 4. The maximum absolute atomic E-state index is 12.8. The molecule has 31 heavy (non-hydrogen) atoms. The Morgan fingerprint density at radius 2 is 1.48 bits per heavy atom. The fourth-order valence-electron chi connectivity index (χ4n) is 3.59. The average molecular weight is 423 g/mol. The van der Waals surface area contributed by atoms with Crippen LogP contribution < -0.4 is 15.6 Å². The number of fused-ring (bicyclic) bond motifs is 1. The van der Waals surface area contributed by atoms with Crippen molar-refractivity contribution in [2.24, 2.45) is 5.92 Å². The van der Waals surface area contributed by atoms with Gasteiger partial charge in [-0.1, -0.05) is 32.0 Å². The van der Waals surface area contributed by atoms with Gasteiger partial charge in [0.1, 0.15) is 11.8 Å². The van der Waals surface area contributed by atoms with Crippen molar-refractivity contribution in [3.8, 4) is 5.75 Å². The van der Waals surface area contributed by atoms with Crippen molar-refractivity contribution in [3.63, 3.8) is 0 Å². The summed E-state index contributed by atoms with van der Waals surface area (Å²) in [6.07, 6.45) is 0. The molecule has 1 aliphatic rings. The maximum Gasteiger partial charge on any atom is 0.276 e. The summed E-state index contributed by atoms with van der Waals surface area (Å²) in [6.45, 7) is 6.98. The fourth-order valence-corrected chi connectivity index (χ4v) is 3.59. The fraction of sp³-hybridized carbons (Fsp3) is 0.304. The van der Waals surface area contributed by atoms with Gasteiger partial charge in [0.2, 0.25) is 0 Å². The minimum absolute atomic E-state index is 0.261. The normalized spacial score (nSPS) is 13.8. The third-order valence-corrected chi connectivity index (χ3v) is 4.89. The predicted octanol–water partition coefficient (Wildman–Crippen LogP) is 2.15. The summed E-state index contributed by atoms with van der Waals surface area (Å²) in [5.41, 5.74) is 7.11. The summed E-state index contributed by atoms with van der Waals surface area (Å²) >= 11 is 0. The molecular weight excluding hydrogens is 398 g/mol. The van der Waals surface area contributed by atoms with Gasteiger partial charge in [-0.2, -0.15) is 0 Å². The molecule has 0 radical (unpaired) electrons. The number of hydrogen-bond acceptors (Lipinski definition) is 5. The van der Waals surface area contributed by atoms with Crippen LogP contribution >= 0.6 is 0 Å². The van der Waals surface area contributed by atoms with Crippen molar-refractivity contribution in [2.45, 2.75) is 33.7 Å². The standard InChI is InChI=1S/C23H25N3O5/c1-13(2)20(26-22(29)17-7-5-6-8-18(17)23(26)30)21(28)25-24-19(27)12-31-16-10-14(3)9-15(4)11-16/h5-11,13,20H,12H2,1-4H3,(H,24,27)(H,25,28). The van der Waals surface area contributed by atoms with E-state index in [-0.39, 0.29) is 23.7 Å². The lowest BCUT2D eigenvalue weighted by atomic mass is 10.0. The molecule has 1 atom stereocenters. The molecule has 0 bridgehead atoms. The van der Waals surface area contributed by atoms with Crippen LogP contribution in [0.2, 0.25) is 0 Å². The Morgan fingerprint density at radius 3 is 2.00 bits per heavy atom. The molecule has 162 valence electrons. The van der Waals surface area contributed by atoms with Crippen LogP contribution in [0.25, 0.3) is 0 Å². The second kappa shape index (κ2) is 8.99. The molecule has 2 N–H and O–H groups in total. The van der Waals surface area contributed by atoms with E-state index < -0.39 is 29.7 Å². The molecule has 2 aromatic rings. The zero-order valence-corrected chi connectivity index (χ0v) is 17.9. The van der Waals surface area contributed by atoms with Gasteiger partial charge in [0.15, 0.2) is 6.61 Å². The molecule has 2 aromatic carbocycles. The van der Waals surface area contributed by atoms with E-state index >= 15 is 0 Å². The largest absolute Gasteiger partial charge is 0.484 e. The number of carbonyl (C=O) groups excluding carboxylic acids is 4. The molecule has 0 aliphatic carbocycles. The number of aryl methyl sites for hydroxylation is 2. The third-order valence-electron chi connectivity index (χ3n) is 4.89. The number of imide groups is 1. The predicted molar refractivity (Wildman–Crippen MR) is 113 cm³/mol. The quantitative estimate of drug-likeness (QED) is 0.547. The van der Waals surface area contributed by atoms with Crippen molar-refractivity contribution in [3.05, 3.63) is 64.7 Å². The first-order valence-electron chi connectivity index (χ1n) is 9.95. The summed E-state index contributed by atoms with van der Waals surface area (Å²) in [5, 5.41) is 0. The highest BCUT2D eigenvalue weighted by Gasteiger charge is 2.43. The van der Waals surface area contributed by atoms with E-state index in [0.717, 1.165) is 16.0 Å². The molecule has 1 unspecified atom stereocenters. The van der Waals surface area contributed by atoms with Crippen molar-refractivity contribution in [1.29, 1.82) is 0 Å². The number of benzene rings is 2. The summed E-state index contributed by atoms with van der Waals surface area (Å²) in [7, 11) is 0. The molecule has 0 aromatic heterocycles. The van der Waals surface area contributed by atoms with Crippen LogP contribution in [0.15, 0.2) is 42.5 Å². The van der Waals surface area contributed by atoms with Gasteiger partial charge in [-0.25, -0.2) is 0 Å². The zero-order valence-electron chi connectivity index (χ0n) is 17.9. The summed E-state index contributed by atoms with van der Waals surface area (Å²) in [4.78, 5) is 51.3. The molecule has 4 amide bonds.